The van der Waals surface area contributed by atoms with E-state index in [1.807, 2.05) is 0 Å². The summed E-state index contributed by atoms with van der Waals surface area (Å²) in [5.41, 5.74) is -1.57. The first-order valence-corrected chi connectivity index (χ1v) is 9.55. The van der Waals surface area contributed by atoms with Gasteiger partial charge in [-0.2, -0.15) is 18.3 Å². The molecule has 2 aromatic rings. The minimum Gasteiger partial charge on any atom is -0.506 e. The van der Waals surface area contributed by atoms with Gasteiger partial charge in [0.15, 0.2) is 15.5 Å². The number of benzene rings is 1. The Morgan fingerprint density at radius 1 is 1.37 bits per heavy atom. The lowest BCUT2D eigenvalue weighted by Crippen LogP contribution is -2.21. The quantitative estimate of drug-likeness (QED) is 0.717. The molecule has 1 aromatic carbocycles. The number of amides is 1. The monoisotopic (exact) mass is 425 g/mol. The van der Waals surface area contributed by atoms with Crippen LogP contribution >= 0.6 is 11.6 Å². The zero-order valence-electron chi connectivity index (χ0n) is 14.1. The first-order valence-electron chi connectivity index (χ1n) is 7.52. The van der Waals surface area contributed by atoms with Crippen molar-refractivity contribution in [1.82, 2.24) is 9.78 Å². The van der Waals surface area contributed by atoms with Crippen molar-refractivity contribution >= 4 is 33.0 Å². The molecule has 0 unspecified atom stereocenters. The first kappa shape index (κ1) is 21.0. The van der Waals surface area contributed by atoms with E-state index in [1.165, 1.54) is 19.9 Å². The zero-order chi connectivity index (χ0) is 20.6. The highest BCUT2D eigenvalue weighted by atomic mass is 35.5. The van der Waals surface area contributed by atoms with Gasteiger partial charge in [-0.05, 0) is 25.1 Å². The predicted octanol–water partition coefficient (Wildman–Crippen LogP) is 3.00. The molecule has 0 aliphatic carbocycles. The number of carbonyl (C=O) groups is 1. The van der Waals surface area contributed by atoms with Crippen LogP contribution < -0.4 is 5.32 Å². The van der Waals surface area contributed by atoms with Crippen molar-refractivity contribution in [3.8, 4) is 5.75 Å². The fraction of sp³-hybridized carbons (Fsp3) is 0.333. The highest BCUT2D eigenvalue weighted by molar-refractivity contribution is 7.91. The fourth-order valence-corrected chi connectivity index (χ4v) is 3.31. The van der Waals surface area contributed by atoms with Crippen molar-refractivity contribution < 1.29 is 31.5 Å². The lowest BCUT2D eigenvalue weighted by molar-refractivity contribution is -0.141. The van der Waals surface area contributed by atoms with Crippen LogP contribution in [0.2, 0.25) is 5.02 Å². The summed E-state index contributed by atoms with van der Waals surface area (Å²) in [5, 5.41) is 14.7. The smallest absolute Gasteiger partial charge is 0.436 e. The maximum atomic E-state index is 12.8. The number of aromatic hydroxyl groups is 1. The molecule has 12 heteroatoms. The number of alkyl halides is 3. The van der Waals surface area contributed by atoms with Gasteiger partial charge in [0, 0.05) is 0 Å². The summed E-state index contributed by atoms with van der Waals surface area (Å²) in [7, 11) is -3.58. The van der Waals surface area contributed by atoms with E-state index >= 15 is 0 Å². The molecule has 2 rings (SSSR count). The van der Waals surface area contributed by atoms with Gasteiger partial charge in [-0.3, -0.25) is 9.48 Å². The third kappa shape index (κ3) is 4.53. The van der Waals surface area contributed by atoms with Gasteiger partial charge in [0.05, 0.1) is 27.1 Å². The Hall–Kier alpha value is -2.27. The van der Waals surface area contributed by atoms with Gasteiger partial charge in [-0.1, -0.05) is 18.5 Å². The van der Waals surface area contributed by atoms with Gasteiger partial charge in [-0.15, -0.1) is 0 Å². The molecule has 0 saturated heterocycles. The number of hydrogen-bond donors (Lipinski definition) is 2. The van der Waals surface area contributed by atoms with E-state index in [-0.39, 0.29) is 22.0 Å². The van der Waals surface area contributed by atoms with Crippen LogP contribution in [0, 0.1) is 6.92 Å². The van der Waals surface area contributed by atoms with Crippen LogP contribution in [0.5, 0.6) is 5.75 Å². The average molecular weight is 426 g/mol. The summed E-state index contributed by atoms with van der Waals surface area (Å²) in [6, 6.07) is 3.34. The lowest BCUT2D eigenvalue weighted by atomic mass is 10.3. The second-order valence-corrected chi connectivity index (χ2v) is 8.19. The SMILES string of the molecule is CCS(=O)(=O)c1ccc(O)c(NC(=O)Cn2nc(C(F)(F)F)c(Cl)c2C)c1. The van der Waals surface area contributed by atoms with Crippen LogP contribution in [0.4, 0.5) is 18.9 Å². The van der Waals surface area contributed by atoms with Crippen LogP contribution in [-0.4, -0.2) is 35.0 Å². The third-order valence-electron chi connectivity index (χ3n) is 3.68. The number of rotatable bonds is 5. The van der Waals surface area contributed by atoms with Crippen molar-refractivity contribution in [2.24, 2.45) is 0 Å². The molecular formula is C15H15ClF3N3O4S. The second-order valence-electron chi connectivity index (χ2n) is 5.53. The highest BCUT2D eigenvalue weighted by Crippen LogP contribution is 2.35. The van der Waals surface area contributed by atoms with Crippen LogP contribution in [0.15, 0.2) is 23.1 Å². The lowest BCUT2D eigenvalue weighted by Gasteiger charge is -2.10. The molecular weight excluding hydrogens is 411 g/mol. The van der Waals surface area contributed by atoms with E-state index in [4.69, 9.17) is 11.6 Å². The van der Waals surface area contributed by atoms with Gasteiger partial charge >= 0.3 is 6.18 Å². The Bertz CT molecular complexity index is 987. The summed E-state index contributed by atoms with van der Waals surface area (Å²) in [4.78, 5) is 12.0. The summed E-state index contributed by atoms with van der Waals surface area (Å²) in [6.45, 7) is 2.08. The van der Waals surface area contributed by atoms with Crippen LogP contribution in [0.3, 0.4) is 0 Å². The first-order chi connectivity index (χ1) is 12.4. The molecule has 148 valence electrons. The summed E-state index contributed by atoms with van der Waals surface area (Å²) in [5.74, 6) is -1.41. The Labute approximate surface area is 157 Å². The number of nitrogens with one attached hydrogen (secondary N) is 1. The highest BCUT2D eigenvalue weighted by Gasteiger charge is 2.38. The van der Waals surface area contributed by atoms with Crippen molar-refractivity contribution in [2.45, 2.75) is 31.5 Å². The van der Waals surface area contributed by atoms with Crippen molar-refractivity contribution in [2.75, 3.05) is 11.1 Å². The molecule has 1 aromatic heterocycles. The normalized spacial score (nSPS) is 12.2. The van der Waals surface area contributed by atoms with Gasteiger partial charge in [-0.25, -0.2) is 8.42 Å². The molecule has 2 N–H and O–H groups in total. The van der Waals surface area contributed by atoms with E-state index in [0.29, 0.717) is 0 Å². The number of halogens is 4. The number of aromatic nitrogens is 2. The van der Waals surface area contributed by atoms with E-state index < -0.39 is 44.9 Å². The van der Waals surface area contributed by atoms with Crippen molar-refractivity contribution in [3.05, 3.63) is 34.6 Å². The fourth-order valence-electron chi connectivity index (χ4n) is 2.16. The number of sulfone groups is 1. The molecule has 1 heterocycles. The second kappa shape index (κ2) is 7.39. The maximum Gasteiger partial charge on any atom is 0.436 e. The molecule has 0 aliphatic rings. The minimum absolute atomic E-state index is 0.0642. The number of carbonyl (C=O) groups excluding carboxylic acids is 1. The number of nitrogens with zero attached hydrogens (tertiary/aromatic N) is 2. The van der Waals surface area contributed by atoms with Crippen LogP contribution in [0.25, 0.3) is 0 Å². The van der Waals surface area contributed by atoms with Gasteiger partial charge in [0.1, 0.15) is 12.3 Å². The van der Waals surface area contributed by atoms with Gasteiger partial charge in [0.2, 0.25) is 5.91 Å². The van der Waals surface area contributed by atoms with Crippen LogP contribution in [0.1, 0.15) is 18.3 Å². The number of phenolic OH excluding ortho intramolecular Hbond substituents is 1. The molecule has 0 aliphatic heterocycles. The summed E-state index contributed by atoms with van der Waals surface area (Å²) >= 11 is 5.61. The molecule has 0 atom stereocenters. The zero-order valence-corrected chi connectivity index (χ0v) is 15.7. The number of anilines is 1. The maximum absolute atomic E-state index is 12.8. The number of phenols is 1. The van der Waals surface area contributed by atoms with Gasteiger partial charge < -0.3 is 10.4 Å². The Morgan fingerprint density at radius 3 is 2.52 bits per heavy atom. The molecule has 0 spiro atoms. The molecule has 1 amide bonds. The Morgan fingerprint density at radius 2 is 2.00 bits per heavy atom. The summed E-state index contributed by atoms with van der Waals surface area (Å²) < 4.78 is 63.0. The third-order valence-corrected chi connectivity index (χ3v) is 5.86. The van der Waals surface area contributed by atoms with E-state index in [9.17, 15) is 31.5 Å². The molecule has 0 fully saturated rings. The topological polar surface area (TPSA) is 101 Å². The predicted molar refractivity (Wildman–Crippen MR) is 91.4 cm³/mol. The standard InChI is InChI=1S/C15H15ClF3N3O4S/c1-3-27(25,26)9-4-5-11(23)10(6-9)20-12(24)7-22-8(2)13(16)14(21-22)15(17,18)19/h4-6,23H,3,7H2,1-2H3,(H,20,24). The molecule has 0 bridgehead atoms. The number of hydrogen-bond acceptors (Lipinski definition) is 5. The van der Waals surface area contributed by atoms with Crippen molar-refractivity contribution in [1.29, 1.82) is 0 Å². The molecule has 7 nitrogen and oxygen atoms in total. The largest absolute Gasteiger partial charge is 0.506 e. The van der Waals surface area contributed by atoms with Crippen molar-refractivity contribution in [3.63, 3.8) is 0 Å². The van der Waals surface area contributed by atoms with Gasteiger partial charge in [0.25, 0.3) is 0 Å². The average Bonchev–Trinajstić information content (AvgIpc) is 2.85. The molecule has 27 heavy (non-hydrogen) atoms. The summed E-state index contributed by atoms with van der Waals surface area (Å²) in [6.07, 6.45) is -4.77. The Balaban J connectivity index is 2.26. The minimum atomic E-state index is -4.77. The van der Waals surface area contributed by atoms with E-state index in [0.717, 1.165) is 16.8 Å². The molecule has 0 saturated carbocycles. The van der Waals surface area contributed by atoms with Crippen LogP contribution in [-0.2, 0) is 27.4 Å². The Kier molecular flexibility index (Phi) is 5.76. The van der Waals surface area contributed by atoms with E-state index in [1.54, 1.807) is 0 Å². The molecule has 0 radical (unpaired) electrons. The van der Waals surface area contributed by atoms with E-state index in [2.05, 4.69) is 10.4 Å².